The van der Waals surface area contributed by atoms with Gasteiger partial charge >= 0.3 is 0 Å². The summed E-state index contributed by atoms with van der Waals surface area (Å²) >= 11 is 0. The molecule has 0 aliphatic heterocycles. The van der Waals surface area contributed by atoms with E-state index in [1.165, 1.54) is 79.2 Å². The van der Waals surface area contributed by atoms with Crippen LogP contribution in [0.15, 0.2) is 42.5 Å². The van der Waals surface area contributed by atoms with E-state index < -0.39 is 0 Å². The van der Waals surface area contributed by atoms with Crippen LogP contribution in [-0.2, 0) is 11.8 Å². The van der Waals surface area contributed by atoms with Crippen molar-refractivity contribution in [2.45, 2.75) is 117 Å². The largest absolute Gasteiger partial charge is 0.493 e. The van der Waals surface area contributed by atoms with E-state index in [4.69, 9.17) is 9.47 Å². The lowest BCUT2D eigenvalue weighted by molar-refractivity contribution is 0.298. The van der Waals surface area contributed by atoms with Crippen LogP contribution in [0, 0.1) is 13.8 Å². The second kappa shape index (κ2) is 12.8. The van der Waals surface area contributed by atoms with Gasteiger partial charge in [-0.25, -0.2) is 0 Å². The van der Waals surface area contributed by atoms with E-state index in [-0.39, 0.29) is 5.41 Å². The Hall–Kier alpha value is -2.74. The zero-order valence-corrected chi connectivity index (χ0v) is 25.8. The van der Waals surface area contributed by atoms with Crippen molar-refractivity contribution in [2.24, 2.45) is 0 Å². The zero-order valence-electron chi connectivity index (χ0n) is 25.8. The van der Waals surface area contributed by atoms with E-state index in [1.807, 2.05) is 0 Å². The summed E-state index contributed by atoms with van der Waals surface area (Å²) in [5.41, 5.74) is 12.9. The Morgan fingerprint density at radius 1 is 0.650 bits per heavy atom. The third-order valence-corrected chi connectivity index (χ3v) is 9.36. The smallest absolute Gasteiger partial charge is 0.127 e. The van der Waals surface area contributed by atoms with E-state index in [1.54, 1.807) is 16.7 Å². The molecule has 0 heterocycles. The van der Waals surface area contributed by atoms with Crippen molar-refractivity contribution in [1.82, 2.24) is 0 Å². The topological polar surface area (TPSA) is 18.5 Å². The van der Waals surface area contributed by atoms with Gasteiger partial charge in [0.1, 0.15) is 11.5 Å². The number of rotatable bonds is 15. The number of unbranched alkanes of at least 4 members (excludes halogenated alkanes) is 6. The van der Waals surface area contributed by atoms with Crippen molar-refractivity contribution >= 4 is 0 Å². The molecule has 2 heteroatoms. The van der Waals surface area contributed by atoms with Gasteiger partial charge in [0, 0.05) is 11.0 Å². The van der Waals surface area contributed by atoms with Crippen LogP contribution in [0.2, 0.25) is 0 Å². The van der Waals surface area contributed by atoms with Gasteiger partial charge in [0.2, 0.25) is 0 Å². The average Bonchev–Trinajstić information content (AvgIpc) is 3.47. The summed E-state index contributed by atoms with van der Waals surface area (Å²) in [5, 5.41) is 0. The first kappa shape index (κ1) is 28.8. The Labute approximate surface area is 243 Å². The molecule has 0 saturated carbocycles. The first-order chi connectivity index (χ1) is 19.5. The molecule has 0 radical (unpaired) electrons. The summed E-state index contributed by atoms with van der Waals surface area (Å²) in [6.07, 6.45) is 14.6. The van der Waals surface area contributed by atoms with Crippen LogP contribution in [0.5, 0.6) is 11.5 Å². The molecule has 1 atom stereocenters. The molecule has 40 heavy (non-hydrogen) atoms. The minimum Gasteiger partial charge on any atom is -0.493 e. The molecule has 0 saturated heterocycles. The van der Waals surface area contributed by atoms with E-state index in [0.29, 0.717) is 0 Å². The molecule has 3 aromatic rings. The highest BCUT2D eigenvalue weighted by atomic mass is 16.5. The van der Waals surface area contributed by atoms with Gasteiger partial charge in [-0.05, 0) is 97.0 Å². The van der Waals surface area contributed by atoms with Gasteiger partial charge in [-0.3, -0.25) is 0 Å². The molecule has 2 aliphatic rings. The van der Waals surface area contributed by atoms with Crippen LogP contribution in [0.3, 0.4) is 0 Å². The van der Waals surface area contributed by atoms with Gasteiger partial charge in [-0.2, -0.15) is 0 Å². The van der Waals surface area contributed by atoms with Crippen molar-refractivity contribution in [1.29, 1.82) is 0 Å². The van der Waals surface area contributed by atoms with Crippen LogP contribution in [0.25, 0.3) is 22.3 Å². The molecule has 0 N–H and O–H groups in total. The van der Waals surface area contributed by atoms with E-state index in [2.05, 4.69) is 77.1 Å². The predicted molar refractivity (Wildman–Crippen MR) is 170 cm³/mol. The van der Waals surface area contributed by atoms with Crippen molar-refractivity contribution in [3.63, 3.8) is 0 Å². The second-order valence-corrected chi connectivity index (χ2v) is 12.3. The molecule has 0 fully saturated rings. The van der Waals surface area contributed by atoms with Gasteiger partial charge < -0.3 is 9.47 Å². The quantitative estimate of drug-likeness (QED) is 0.179. The summed E-state index contributed by atoms with van der Waals surface area (Å²) in [5.74, 6) is 2.01. The van der Waals surface area contributed by atoms with Gasteiger partial charge in [0.05, 0.1) is 13.2 Å². The van der Waals surface area contributed by atoms with Crippen LogP contribution in [0.1, 0.15) is 119 Å². The fourth-order valence-electron chi connectivity index (χ4n) is 7.20. The zero-order chi connectivity index (χ0) is 28.1. The molecular weight excluding hydrogens is 488 g/mol. The standard InChI is InChI=1S/C38H50O2/c1-6-9-12-13-20-38-21-19-32-29(17-18-31(37(32)38)30-16-15-27(4)24-34(30)38)33-26-35(39-23-14-10-7-2)28(5)25-36(33)40-22-11-8-3/h15-18,24-26H,6-14,19-23H2,1-5H3. The lowest BCUT2D eigenvalue weighted by atomic mass is 9.74. The van der Waals surface area contributed by atoms with Crippen molar-refractivity contribution < 1.29 is 9.47 Å². The van der Waals surface area contributed by atoms with Gasteiger partial charge in [0.15, 0.2) is 0 Å². The SMILES string of the molecule is CCCCCCC12CCc3c(-c4cc(OCCCCC)c(C)cc4OCCCC)ccc(c31)-c1ccc(C)cc12. The molecule has 0 aromatic heterocycles. The van der Waals surface area contributed by atoms with Crippen molar-refractivity contribution in [2.75, 3.05) is 13.2 Å². The van der Waals surface area contributed by atoms with E-state index in [9.17, 15) is 0 Å². The van der Waals surface area contributed by atoms with Gasteiger partial charge in [0.25, 0.3) is 0 Å². The Balaban J connectivity index is 1.60. The molecule has 1 unspecified atom stereocenters. The summed E-state index contributed by atoms with van der Waals surface area (Å²) in [6, 6.07) is 16.5. The molecular formula is C38H50O2. The number of fused-ring (bicyclic) bond motifs is 3. The Kier molecular flexibility index (Phi) is 9.24. The second-order valence-electron chi connectivity index (χ2n) is 12.3. The number of benzene rings is 3. The maximum Gasteiger partial charge on any atom is 0.127 e. The number of hydrogen-bond acceptors (Lipinski definition) is 2. The summed E-state index contributed by atoms with van der Waals surface area (Å²) < 4.78 is 12.8. The Morgan fingerprint density at radius 2 is 1.35 bits per heavy atom. The normalized spacial score (nSPS) is 16.7. The molecule has 0 spiro atoms. The maximum atomic E-state index is 6.48. The van der Waals surface area contributed by atoms with Crippen LogP contribution >= 0.6 is 0 Å². The first-order valence-electron chi connectivity index (χ1n) is 16.2. The van der Waals surface area contributed by atoms with Crippen LogP contribution < -0.4 is 9.47 Å². The van der Waals surface area contributed by atoms with Crippen molar-refractivity contribution in [3.05, 3.63) is 70.3 Å². The van der Waals surface area contributed by atoms with E-state index in [0.717, 1.165) is 56.0 Å². The Morgan fingerprint density at radius 3 is 2.15 bits per heavy atom. The molecule has 0 bridgehead atoms. The highest BCUT2D eigenvalue weighted by Crippen LogP contribution is 2.60. The lowest BCUT2D eigenvalue weighted by Crippen LogP contribution is -2.22. The maximum absolute atomic E-state index is 6.48. The molecule has 214 valence electrons. The fraction of sp³-hybridized carbons (Fsp3) is 0.526. The summed E-state index contributed by atoms with van der Waals surface area (Å²) in [7, 11) is 0. The molecule has 3 aromatic carbocycles. The Bertz CT molecular complexity index is 1320. The minimum absolute atomic E-state index is 0.156. The monoisotopic (exact) mass is 538 g/mol. The average molecular weight is 539 g/mol. The number of aryl methyl sites for hydroxylation is 2. The fourth-order valence-corrected chi connectivity index (χ4v) is 7.20. The number of ether oxygens (including phenoxy) is 2. The molecule has 2 aliphatic carbocycles. The highest BCUT2D eigenvalue weighted by Gasteiger charge is 2.48. The van der Waals surface area contributed by atoms with Gasteiger partial charge in [-0.15, -0.1) is 0 Å². The van der Waals surface area contributed by atoms with Gasteiger partial charge in [-0.1, -0.05) is 102 Å². The first-order valence-corrected chi connectivity index (χ1v) is 16.2. The molecule has 5 rings (SSSR count). The molecule has 0 amide bonds. The third-order valence-electron chi connectivity index (χ3n) is 9.36. The van der Waals surface area contributed by atoms with Crippen molar-refractivity contribution in [3.8, 4) is 33.8 Å². The van der Waals surface area contributed by atoms with E-state index >= 15 is 0 Å². The summed E-state index contributed by atoms with van der Waals surface area (Å²) in [4.78, 5) is 0. The third kappa shape index (κ3) is 5.44. The predicted octanol–water partition coefficient (Wildman–Crippen LogP) is 10.9. The highest BCUT2D eigenvalue weighted by molar-refractivity contribution is 5.89. The van der Waals surface area contributed by atoms with Crippen LogP contribution in [-0.4, -0.2) is 13.2 Å². The minimum atomic E-state index is 0.156. The lowest BCUT2D eigenvalue weighted by Gasteiger charge is -2.28. The van der Waals surface area contributed by atoms with Crippen LogP contribution in [0.4, 0.5) is 0 Å². The molecule has 2 nitrogen and oxygen atoms in total. The number of hydrogen-bond donors (Lipinski definition) is 0. The summed E-state index contributed by atoms with van der Waals surface area (Å²) in [6.45, 7) is 12.7.